The zero-order valence-corrected chi connectivity index (χ0v) is 15.5. The summed E-state index contributed by atoms with van der Waals surface area (Å²) in [6.45, 7) is 2.17. The van der Waals surface area contributed by atoms with Crippen LogP contribution in [0.4, 0.5) is 5.13 Å². The van der Waals surface area contributed by atoms with Crippen molar-refractivity contribution in [2.24, 2.45) is 0 Å². The first-order chi connectivity index (χ1) is 12.2. The predicted octanol–water partition coefficient (Wildman–Crippen LogP) is 3.95. The number of hydrogen-bond acceptors (Lipinski definition) is 8. The molecule has 9 heteroatoms. The Morgan fingerprint density at radius 1 is 1.20 bits per heavy atom. The van der Waals surface area contributed by atoms with Crippen LogP contribution >= 0.6 is 22.7 Å². The van der Waals surface area contributed by atoms with Gasteiger partial charge < -0.3 is 9.73 Å². The molecule has 0 aromatic carbocycles. The SMILES string of the molecule is CCCCCc1nnc(NC(=O)CCc2nnc(-c3ccsc3)o2)s1. The first-order valence-corrected chi connectivity index (χ1v) is 9.97. The van der Waals surface area contributed by atoms with Gasteiger partial charge in [-0.1, -0.05) is 31.1 Å². The number of amides is 1. The normalized spacial score (nSPS) is 10.9. The van der Waals surface area contributed by atoms with Gasteiger partial charge in [0.2, 0.25) is 22.8 Å². The van der Waals surface area contributed by atoms with Crippen LogP contribution < -0.4 is 5.32 Å². The third-order valence-electron chi connectivity index (χ3n) is 3.51. The van der Waals surface area contributed by atoms with E-state index in [1.807, 2.05) is 16.8 Å². The highest BCUT2D eigenvalue weighted by atomic mass is 32.1. The van der Waals surface area contributed by atoms with Gasteiger partial charge in [-0.3, -0.25) is 4.79 Å². The van der Waals surface area contributed by atoms with E-state index in [1.54, 1.807) is 11.3 Å². The van der Waals surface area contributed by atoms with Crippen LogP contribution in [-0.2, 0) is 17.6 Å². The first-order valence-electron chi connectivity index (χ1n) is 8.21. The molecule has 1 amide bonds. The summed E-state index contributed by atoms with van der Waals surface area (Å²) >= 11 is 3.00. The standard InChI is InChI=1S/C16H19N5O2S2/c1-2-3-4-5-14-19-21-16(25-14)17-12(22)6-7-13-18-20-15(23-13)11-8-9-24-10-11/h8-10H,2-7H2,1H3,(H,17,21,22). The van der Waals surface area contributed by atoms with E-state index in [2.05, 4.69) is 32.6 Å². The second kappa shape index (κ2) is 8.82. The molecule has 3 aromatic rings. The van der Waals surface area contributed by atoms with Crippen LogP contribution in [0.3, 0.4) is 0 Å². The fourth-order valence-electron chi connectivity index (χ4n) is 2.19. The van der Waals surface area contributed by atoms with Crippen molar-refractivity contribution in [3.05, 3.63) is 27.7 Å². The molecule has 0 unspecified atom stereocenters. The van der Waals surface area contributed by atoms with Gasteiger partial charge in [-0.2, -0.15) is 11.3 Å². The molecule has 0 aliphatic carbocycles. The molecule has 1 N–H and O–H groups in total. The summed E-state index contributed by atoms with van der Waals surface area (Å²) in [7, 11) is 0. The number of nitrogens with one attached hydrogen (secondary N) is 1. The van der Waals surface area contributed by atoms with Crippen LogP contribution in [0.2, 0.25) is 0 Å². The molecule has 3 rings (SSSR count). The van der Waals surface area contributed by atoms with Crippen molar-refractivity contribution in [2.75, 3.05) is 5.32 Å². The minimum Gasteiger partial charge on any atom is -0.421 e. The van der Waals surface area contributed by atoms with Crippen LogP contribution in [-0.4, -0.2) is 26.3 Å². The number of rotatable bonds is 9. The van der Waals surface area contributed by atoms with Crippen LogP contribution in [0.25, 0.3) is 11.5 Å². The van der Waals surface area contributed by atoms with Crippen molar-refractivity contribution in [3.8, 4) is 11.5 Å². The highest BCUT2D eigenvalue weighted by molar-refractivity contribution is 7.15. The molecule has 0 fully saturated rings. The smallest absolute Gasteiger partial charge is 0.248 e. The van der Waals surface area contributed by atoms with Crippen molar-refractivity contribution < 1.29 is 9.21 Å². The Labute approximate surface area is 153 Å². The lowest BCUT2D eigenvalue weighted by atomic mass is 10.2. The number of carbonyl (C=O) groups is 1. The van der Waals surface area contributed by atoms with Gasteiger partial charge in [0.1, 0.15) is 5.01 Å². The maximum Gasteiger partial charge on any atom is 0.248 e. The molecule has 0 aliphatic heterocycles. The zero-order chi connectivity index (χ0) is 17.5. The number of aromatic nitrogens is 4. The molecule has 0 atom stereocenters. The molecule has 3 heterocycles. The Balaban J connectivity index is 1.45. The number of anilines is 1. The van der Waals surface area contributed by atoms with Crippen molar-refractivity contribution in [1.29, 1.82) is 0 Å². The van der Waals surface area contributed by atoms with Gasteiger partial charge in [0, 0.05) is 30.2 Å². The van der Waals surface area contributed by atoms with Crippen LogP contribution in [0.1, 0.15) is 43.5 Å². The molecule has 25 heavy (non-hydrogen) atoms. The molecular weight excluding hydrogens is 358 g/mol. The largest absolute Gasteiger partial charge is 0.421 e. The Hall–Kier alpha value is -2.13. The van der Waals surface area contributed by atoms with E-state index in [0.29, 0.717) is 23.3 Å². The van der Waals surface area contributed by atoms with Crippen LogP contribution in [0.5, 0.6) is 0 Å². The first kappa shape index (κ1) is 17.7. The van der Waals surface area contributed by atoms with Crippen molar-refractivity contribution >= 4 is 33.7 Å². The number of aryl methyl sites for hydroxylation is 2. The molecule has 7 nitrogen and oxygen atoms in total. The minimum absolute atomic E-state index is 0.133. The van der Waals surface area contributed by atoms with Crippen molar-refractivity contribution in [3.63, 3.8) is 0 Å². The predicted molar refractivity (Wildman–Crippen MR) is 97.7 cm³/mol. The van der Waals surface area contributed by atoms with Gasteiger partial charge in [0.05, 0.1) is 0 Å². The number of unbranched alkanes of at least 4 members (excludes halogenated alkanes) is 2. The number of carbonyl (C=O) groups excluding carboxylic acids is 1. The number of thiophene rings is 1. The van der Waals surface area contributed by atoms with Gasteiger partial charge in [-0.05, 0) is 17.9 Å². The maximum absolute atomic E-state index is 12.0. The highest BCUT2D eigenvalue weighted by Crippen LogP contribution is 2.21. The van der Waals surface area contributed by atoms with E-state index in [4.69, 9.17) is 4.42 Å². The van der Waals surface area contributed by atoms with Crippen molar-refractivity contribution in [1.82, 2.24) is 20.4 Å². The monoisotopic (exact) mass is 377 g/mol. The van der Waals surface area contributed by atoms with E-state index in [0.717, 1.165) is 23.4 Å². The van der Waals surface area contributed by atoms with Crippen molar-refractivity contribution in [2.45, 2.75) is 45.4 Å². The lowest BCUT2D eigenvalue weighted by Gasteiger charge is -1.98. The second-order valence-electron chi connectivity index (χ2n) is 5.52. The van der Waals surface area contributed by atoms with Crippen LogP contribution in [0, 0.1) is 0 Å². The zero-order valence-electron chi connectivity index (χ0n) is 13.9. The summed E-state index contributed by atoms with van der Waals surface area (Å²) in [5.41, 5.74) is 0.901. The highest BCUT2D eigenvalue weighted by Gasteiger charge is 2.12. The minimum atomic E-state index is -0.133. The van der Waals surface area contributed by atoms with Gasteiger partial charge in [0.25, 0.3) is 0 Å². The average molecular weight is 377 g/mol. The van der Waals surface area contributed by atoms with E-state index in [-0.39, 0.29) is 12.3 Å². The molecule has 0 aliphatic rings. The Morgan fingerprint density at radius 2 is 2.12 bits per heavy atom. The summed E-state index contributed by atoms with van der Waals surface area (Å²) in [5, 5.41) is 24.3. The summed E-state index contributed by atoms with van der Waals surface area (Å²) in [6, 6.07) is 1.92. The summed E-state index contributed by atoms with van der Waals surface area (Å²) in [4.78, 5) is 12.0. The van der Waals surface area contributed by atoms with E-state index < -0.39 is 0 Å². The third-order valence-corrected chi connectivity index (χ3v) is 5.09. The fraction of sp³-hybridized carbons (Fsp3) is 0.438. The van der Waals surface area contributed by atoms with Crippen LogP contribution in [0.15, 0.2) is 21.2 Å². The van der Waals surface area contributed by atoms with E-state index in [9.17, 15) is 4.79 Å². The second-order valence-corrected chi connectivity index (χ2v) is 7.36. The van der Waals surface area contributed by atoms with Gasteiger partial charge in [-0.25, -0.2) is 0 Å². The molecule has 0 saturated heterocycles. The molecule has 0 bridgehead atoms. The van der Waals surface area contributed by atoms with E-state index in [1.165, 1.54) is 24.2 Å². The molecule has 0 radical (unpaired) electrons. The summed E-state index contributed by atoms with van der Waals surface area (Å²) < 4.78 is 5.57. The topological polar surface area (TPSA) is 93.8 Å². The molecule has 132 valence electrons. The fourth-order valence-corrected chi connectivity index (χ4v) is 3.62. The van der Waals surface area contributed by atoms with Gasteiger partial charge >= 0.3 is 0 Å². The molecule has 0 spiro atoms. The Kier molecular flexibility index (Phi) is 6.24. The third kappa shape index (κ3) is 5.17. The lowest BCUT2D eigenvalue weighted by molar-refractivity contribution is -0.116. The summed E-state index contributed by atoms with van der Waals surface area (Å²) in [5.74, 6) is 0.804. The maximum atomic E-state index is 12.0. The molecule has 0 saturated carbocycles. The molecule has 3 aromatic heterocycles. The Bertz CT molecular complexity index is 797. The quantitative estimate of drug-likeness (QED) is 0.567. The molecular formula is C16H19N5O2S2. The number of nitrogens with zero attached hydrogens (tertiary/aromatic N) is 4. The van der Waals surface area contributed by atoms with E-state index >= 15 is 0 Å². The Morgan fingerprint density at radius 3 is 2.92 bits per heavy atom. The lowest BCUT2D eigenvalue weighted by Crippen LogP contribution is -2.12. The van der Waals surface area contributed by atoms with Gasteiger partial charge in [-0.15, -0.1) is 20.4 Å². The van der Waals surface area contributed by atoms with Gasteiger partial charge in [0.15, 0.2) is 0 Å². The average Bonchev–Trinajstić information content (AvgIpc) is 3.35. The summed E-state index contributed by atoms with van der Waals surface area (Å²) in [6.07, 6.45) is 5.02. The number of hydrogen-bond donors (Lipinski definition) is 1.